The monoisotopic (exact) mass is 225 g/mol. The van der Waals surface area contributed by atoms with Gasteiger partial charge in [-0.3, -0.25) is 9.38 Å². The van der Waals surface area contributed by atoms with Crippen LogP contribution in [-0.4, -0.2) is 26.4 Å². The number of aromatic nitrogens is 4. The molecule has 1 N–H and O–H groups in total. The van der Waals surface area contributed by atoms with Gasteiger partial charge in [0.25, 0.3) is 0 Å². The van der Waals surface area contributed by atoms with Gasteiger partial charge in [-0.15, -0.1) is 0 Å². The number of pyridine rings is 1. The lowest BCUT2D eigenvalue weighted by atomic mass is 10.2. The van der Waals surface area contributed by atoms with Gasteiger partial charge in [0, 0.05) is 37.4 Å². The Morgan fingerprint density at radius 2 is 1.94 bits per heavy atom. The molecule has 0 atom stereocenters. The van der Waals surface area contributed by atoms with Crippen LogP contribution < -0.4 is 5.32 Å². The SMILES string of the molecule is CNc1nccn2c(-c3ccncc3)cnc12. The third-order valence-electron chi connectivity index (χ3n) is 2.64. The Morgan fingerprint density at radius 3 is 2.71 bits per heavy atom. The highest BCUT2D eigenvalue weighted by atomic mass is 15.1. The van der Waals surface area contributed by atoms with E-state index in [4.69, 9.17) is 0 Å². The second-order valence-corrected chi connectivity index (χ2v) is 3.60. The molecule has 0 unspecified atom stereocenters. The molecule has 0 radical (unpaired) electrons. The van der Waals surface area contributed by atoms with Gasteiger partial charge in [0.15, 0.2) is 11.5 Å². The Bertz CT molecular complexity index is 644. The van der Waals surface area contributed by atoms with Gasteiger partial charge in [0.1, 0.15) is 0 Å². The van der Waals surface area contributed by atoms with Crippen molar-refractivity contribution in [1.29, 1.82) is 0 Å². The third kappa shape index (κ3) is 1.52. The Hall–Kier alpha value is -2.43. The van der Waals surface area contributed by atoms with E-state index in [0.29, 0.717) is 0 Å². The highest BCUT2D eigenvalue weighted by molar-refractivity contribution is 5.70. The van der Waals surface area contributed by atoms with Gasteiger partial charge in [-0.05, 0) is 12.1 Å². The summed E-state index contributed by atoms with van der Waals surface area (Å²) in [6.45, 7) is 0. The molecule has 0 bridgehead atoms. The van der Waals surface area contributed by atoms with E-state index in [1.54, 1.807) is 18.6 Å². The zero-order chi connectivity index (χ0) is 11.7. The first-order valence-corrected chi connectivity index (χ1v) is 5.30. The van der Waals surface area contributed by atoms with Crippen LogP contribution in [0.1, 0.15) is 0 Å². The summed E-state index contributed by atoms with van der Waals surface area (Å²) in [5.41, 5.74) is 2.93. The van der Waals surface area contributed by atoms with Crippen molar-refractivity contribution < 1.29 is 0 Å². The van der Waals surface area contributed by atoms with E-state index >= 15 is 0 Å². The van der Waals surface area contributed by atoms with Crippen molar-refractivity contribution in [3.05, 3.63) is 43.1 Å². The van der Waals surface area contributed by atoms with Crippen LogP contribution in [0.25, 0.3) is 16.9 Å². The zero-order valence-corrected chi connectivity index (χ0v) is 9.33. The zero-order valence-electron chi connectivity index (χ0n) is 9.33. The van der Waals surface area contributed by atoms with E-state index in [0.717, 1.165) is 22.7 Å². The van der Waals surface area contributed by atoms with Gasteiger partial charge in [-0.25, -0.2) is 9.97 Å². The van der Waals surface area contributed by atoms with Crippen LogP contribution in [0, 0.1) is 0 Å². The quantitative estimate of drug-likeness (QED) is 0.723. The van der Waals surface area contributed by atoms with Gasteiger partial charge >= 0.3 is 0 Å². The Balaban J connectivity index is 2.26. The molecular formula is C12H11N5. The summed E-state index contributed by atoms with van der Waals surface area (Å²) in [5.74, 6) is 0.771. The van der Waals surface area contributed by atoms with Crippen molar-refractivity contribution in [3.8, 4) is 11.3 Å². The van der Waals surface area contributed by atoms with Crippen LogP contribution in [0.4, 0.5) is 5.82 Å². The predicted molar refractivity (Wildman–Crippen MR) is 65.8 cm³/mol. The second-order valence-electron chi connectivity index (χ2n) is 3.60. The van der Waals surface area contributed by atoms with Crippen molar-refractivity contribution >= 4 is 11.5 Å². The number of anilines is 1. The molecule has 5 nitrogen and oxygen atoms in total. The third-order valence-corrected chi connectivity index (χ3v) is 2.64. The Labute approximate surface area is 98.2 Å². The average Bonchev–Trinajstić information content (AvgIpc) is 2.83. The largest absolute Gasteiger partial charge is 0.370 e. The number of rotatable bonds is 2. The molecule has 84 valence electrons. The molecule has 0 saturated carbocycles. The topological polar surface area (TPSA) is 55.1 Å². The summed E-state index contributed by atoms with van der Waals surface area (Å²) >= 11 is 0. The lowest BCUT2D eigenvalue weighted by Crippen LogP contribution is -1.97. The summed E-state index contributed by atoms with van der Waals surface area (Å²) < 4.78 is 2.01. The maximum Gasteiger partial charge on any atom is 0.180 e. The van der Waals surface area contributed by atoms with Crippen LogP contribution in [0.5, 0.6) is 0 Å². The minimum absolute atomic E-state index is 0.771. The standard InChI is InChI=1S/C12H11N5/c1-13-11-12-16-8-10(17(12)7-6-15-11)9-2-4-14-5-3-9/h2-8H,1H3,(H,13,15). The first kappa shape index (κ1) is 9.77. The second kappa shape index (κ2) is 3.86. The molecule has 0 aliphatic carbocycles. The fourth-order valence-electron chi connectivity index (χ4n) is 1.83. The number of nitrogens with one attached hydrogen (secondary N) is 1. The molecule has 0 aromatic carbocycles. The van der Waals surface area contributed by atoms with Gasteiger partial charge in [-0.1, -0.05) is 0 Å². The molecule has 0 amide bonds. The van der Waals surface area contributed by atoms with Crippen molar-refractivity contribution in [3.63, 3.8) is 0 Å². The summed E-state index contributed by atoms with van der Waals surface area (Å²) in [6.07, 6.45) is 9.04. The predicted octanol–water partition coefficient (Wildman–Crippen LogP) is 1.83. The molecule has 3 aromatic rings. The lowest BCUT2D eigenvalue weighted by molar-refractivity contribution is 1.12. The van der Waals surface area contributed by atoms with Crippen LogP contribution >= 0.6 is 0 Å². The van der Waals surface area contributed by atoms with Crippen LogP contribution in [0.2, 0.25) is 0 Å². The molecule has 5 heteroatoms. The average molecular weight is 225 g/mol. The highest BCUT2D eigenvalue weighted by Gasteiger charge is 2.08. The lowest BCUT2D eigenvalue weighted by Gasteiger charge is -2.03. The molecule has 3 aromatic heterocycles. The van der Waals surface area contributed by atoms with Crippen LogP contribution in [0.15, 0.2) is 43.1 Å². The molecule has 0 spiro atoms. The van der Waals surface area contributed by atoms with Crippen molar-refractivity contribution in [2.75, 3.05) is 12.4 Å². The van der Waals surface area contributed by atoms with Gasteiger partial charge in [0.05, 0.1) is 11.9 Å². The van der Waals surface area contributed by atoms with Gasteiger partial charge < -0.3 is 5.32 Å². The number of imidazole rings is 1. The van der Waals surface area contributed by atoms with E-state index in [2.05, 4.69) is 20.3 Å². The molecule has 0 fully saturated rings. The summed E-state index contributed by atoms with van der Waals surface area (Å²) in [5, 5.41) is 3.03. The van der Waals surface area contributed by atoms with E-state index < -0.39 is 0 Å². The van der Waals surface area contributed by atoms with E-state index in [-0.39, 0.29) is 0 Å². The Kier molecular flexibility index (Phi) is 2.22. The molecule has 17 heavy (non-hydrogen) atoms. The molecule has 3 heterocycles. The fourth-order valence-corrected chi connectivity index (χ4v) is 1.83. The van der Waals surface area contributed by atoms with Crippen molar-refractivity contribution in [2.45, 2.75) is 0 Å². The summed E-state index contributed by atoms with van der Waals surface area (Å²) in [7, 11) is 1.84. The highest BCUT2D eigenvalue weighted by Crippen LogP contribution is 2.22. The molecular weight excluding hydrogens is 214 g/mol. The molecule has 0 aliphatic heterocycles. The number of hydrogen-bond acceptors (Lipinski definition) is 4. The molecule has 3 rings (SSSR count). The number of fused-ring (bicyclic) bond motifs is 1. The van der Waals surface area contributed by atoms with Crippen molar-refractivity contribution in [1.82, 2.24) is 19.4 Å². The minimum atomic E-state index is 0.771. The number of nitrogens with zero attached hydrogens (tertiary/aromatic N) is 4. The summed E-state index contributed by atoms with van der Waals surface area (Å²) in [4.78, 5) is 12.6. The van der Waals surface area contributed by atoms with Crippen LogP contribution in [0.3, 0.4) is 0 Å². The van der Waals surface area contributed by atoms with E-state index in [1.807, 2.05) is 36.0 Å². The van der Waals surface area contributed by atoms with Crippen LogP contribution in [-0.2, 0) is 0 Å². The fraction of sp³-hybridized carbons (Fsp3) is 0.0833. The first-order chi connectivity index (χ1) is 8.40. The maximum absolute atomic E-state index is 4.38. The maximum atomic E-state index is 4.38. The van der Waals surface area contributed by atoms with E-state index in [9.17, 15) is 0 Å². The molecule has 0 aliphatic rings. The number of hydrogen-bond donors (Lipinski definition) is 1. The minimum Gasteiger partial charge on any atom is -0.370 e. The van der Waals surface area contributed by atoms with Gasteiger partial charge in [-0.2, -0.15) is 0 Å². The molecule has 0 saturated heterocycles. The van der Waals surface area contributed by atoms with Crippen molar-refractivity contribution in [2.24, 2.45) is 0 Å². The van der Waals surface area contributed by atoms with E-state index in [1.165, 1.54) is 0 Å². The first-order valence-electron chi connectivity index (χ1n) is 5.30. The van der Waals surface area contributed by atoms with Gasteiger partial charge in [0.2, 0.25) is 0 Å². The Morgan fingerprint density at radius 1 is 1.12 bits per heavy atom. The normalized spacial score (nSPS) is 10.6. The smallest absolute Gasteiger partial charge is 0.180 e. The summed E-state index contributed by atoms with van der Waals surface area (Å²) in [6, 6.07) is 3.92.